The summed E-state index contributed by atoms with van der Waals surface area (Å²) in [5.74, 6) is 1.24. The summed E-state index contributed by atoms with van der Waals surface area (Å²) >= 11 is 0. The predicted octanol–water partition coefficient (Wildman–Crippen LogP) is 11.5. The molecule has 0 radical (unpaired) electrons. The first-order chi connectivity index (χ1) is 39.4. The molecule has 8 rings (SSSR count). The summed E-state index contributed by atoms with van der Waals surface area (Å²) < 4.78 is 14.8. The van der Waals surface area contributed by atoms with Crippen molar-refractivity contribution in [1.82, 2.24) is 40.0 Å². The van der Waals surface area contributed by atoms with E-state index in [1.54, 1.807) is 4.90 Å². The van der Waals surface area contributed by atoms with Gasteiger partial charge in [0.1, 0.15) is 24.9 Å². The fourth-order valence-corrected chi connectivity index (χ4v) is 9.41. The van der Waals surface area contributed by atoms with E-state index >= 15 is 0 Å². The quantitative estimate of drug-likeness (QED) is 0.0386. The monoisotopic (exact) mass is 1110 g/mol. The molecule has 0 aliphatic rings. The number of benzene rings is 6. The second-order valence-electron chi connectivity index (χ2n) is 22.3. The first-order valence-electron chi connectivity index (χ1n) is 27.7. The van der Waals surface area contributed by atoms with Crippen LogP contribution in [0.2, 0.25) is 0 Å². The van der Waals surface area contributed by atoms with Crippen LogP contribution in [0.15, 0.2) is 207 Å². The Morgan fingerprint density at radius 1 is 0.537 bits per heavy atom. The molecule has 82 heavy (non-hydrogen) atoms. The maximum atomic E-state index is 13.4. The number of aromatic nitrogens is 4. The van der Waals surface area contributed by atoms with E-state index in [1.807, 2.05) is 173 Å². The van der Waals surface area contributed by atoms with Gasteiger partial charge in [-0.05, 0) is 39.2 Å². The lowest BCUT2D eigenvalue weighted by molar-refractivity contribution is -0.133. The van der Waals surface area contributed by atoms with Gasteiger partial charge in [0.2, 0.25) is 5.91 Å². The first kappa shape index (κ1) is 61.0. The van der Waals surface area contributed by atoms with E-state index in [0.717, 1.165) is 45.0 Å². The Balaban J connectivity index is 0.000000237. The zero-order valence-corrected chi connectivity index (χ0v) is 47.9. The molecule has 0 aliphatic heterocycles. The molecule has 0 spiro atoms. The van der Waals surface area contributed by atoms with Crippen LogP contribution < -0.4 is 16.0 Å². The Bertz CT molecular complexity index is 3220. The van der Waals surface area contributed by atoms with E-state index in [-0.39, 0.29) is 56.8 Å². The zero-order chi connectivity index (χ0) is 58.5. The largest absolute Gasteiger partial charge is 0.445 e. The number of carbonyl (C=O) groups is 3. The first-order valence-corrected chi connectivity index (χ1v) is 27.7. The average Bonchev–Trinajstić information content (AvgIpc) is 4.11. The minimum atomic E-state index is -1.07. The summed E-state index contributed by atoms with van der Waals surface area (Å²) in [6.45, 7) is 18.0. The number of nitrogens with zero attached hydrogens (tertiary/aromatic N) is 5. The maximum Gasteiger partial charge on any atom is 0.407 e. The van der Waals surface area contributed by atoms with Crippen molar-refractivity contribution in [3.63, 3.8) is 0 Å². The van der Waals surface area contributed by atoms with Crippen molar-refractivity contribution in [3.05, 3.63) is 241 Å². The van der Waals surface area contributed by atoms with E-state index in [4.69, 9.17) is 19.4 Å². The lowest BCUT2D eigenvalue weighted by Gasteiger charge is -2.40. The Kier molecular flexibility index (Phi) is 22.1. The minimum absolute atomic E-state index is 0.0510. The molecule has 8 aromatic rings. The van der Waals surface area contributed by atoms with Gasteiger partial charge in [0.05, 0.1) is 35.7 Å². The molecule has 3 amide bonds. The maximum absolute atomic E-state index is 13.4. The molecule has 6 aromatic carbocycles. The Labute approximate surface area is 482 Å². The number of hydrogen-bond acceptors (Lipinski definition) is 10. The van der Waals surface area contributed by atoms with Crippen LogP contribution in [-0.4, -0.2) is 90.7 Å². The summed E-state index contributed by atoms with van der Waals surface area (Å²) in [5, 5.41) is 30.5. The molecule has 2 unspecified atom stereocenters. The highest BCUT2D eigenvalue weighted by molar-refractivity contribution is 5.87. The number of nitrogens with one attached hydrogen (secondary N) is 3. The van der Waals surface area contributed by atoms with E-state index in [0.29, 0.717) is 18.9 Å². The van der Waals surface area contributed by atoms with E-state index in [9.17, 15) is 24.6 Å². The van der Waals surface area contributed by atoms with Gasteiger partial charge >= 0.3 is 12.2 Å². The number of imidazole rings is 2. The molecule has 4 atom stereocenters. The summed E-state index contributed by atoms with van der Waals surface area (Å²) in [5.41, 5.74) is 7.06. The Morgan fingerprint density at radius 3 is 1.32 bits per heavy atom. The van der Waals surface area contributed by atoms with Gasteiger partial charge in [0.25, 0.3) is 0 Å². The SMILES string of the molecule is C=CC(=O)N(CC(O)CNC(=O)OCc1ccccc1)[C@@H](c1nc(-c2ccccc2)cn1Cc1ccccc1)C(C)(C)C.CC(C)(C)[C@@H](NCC(O)CNC(=O)OCc1ccccc1)c1nc(-c2ccccc2)cn1Cc1ccccc1. The molecular formula is C67H78N8O7. The van der Waals surface area contributed by atoms with Crippen molar-refractivity contribution < 1.29 is 34.1 Å². The van der Waals surface area contributed by atoms with Crippen LogP contribution >= 0.6 is 0 Å². The second kappa shape index (κ2) is 29.7. The molecule has 15 nitrogen and oxygen atoms in total. The van der Waals surface area contributed by atoms with Crippen molar-refractivity contribution in [1.29, 1.82) is 0 Å². The molecule has 0 saturated heterocycles. The lowest BCUT2D eigenvalue weighted by atomic mass is 9.84. The molecule has 5 N–H and O–H groups in total. The summed E-state index contributed by atoms with van der Waals surface area (Å²) in [6, 6.07) is 58.6. The minimum Gasteiger partial charge on any atom is -0.445 e. The number of hydrogen-bond donors (Lipinski definition) is 5. The molecule has 15 heteroatoms. The summed E-state index contributed by atoms with van der Waals surface area (Å²) in [6.07, 6.45) is 2.27. The van der Waals surface area contributed by atoms with Crippen LogP contribution in [0.25, 0.3) is 22.5 Å². The number of aliphatic hydroxyl groups excluding tert-OH is 2. The molecule has 2 heterocycles. The van der Waals surface area contributed by atoms with E-state index < -0.39 is 35.9 Å². The summed E-state index contributed by atoms with van der Waals surface area (Å²) in [7, 11) is 0. The van der Waals surface area contributed by atoms with Gasteiger partial charge in [0.15, 0.2) is 0 Å². The van der Waals surface area contributed by atoms with E-state index in [2.05, 4.69) is 95.0 Å². The Morgan fingerprint density at radius 2 is 0.915 bits per heavy atom. The molecular weight excluding hydrogens is 1030 g/mol. The van der Waals surface area contributed by atoms with Crippen LogP contribution in [-0.2, 0) is 40.6 Å². The van der Waals surface area contributed by atoms with Crippen LogP contribution in [0, 0.1) is 10.8 Å². The van der Waals surface area contributed by atoms with Crippen LogP contribution in [0.3, 0.4) is 0 Å². The van der Waals surface area contributed by atoms with Gasteiger partial charge in [-0.3, -0.25) is 4.79 Å². The van der Waals surface area contributed by atoms with Gasteiger partial charge in [0, 0.05) is 62.8 Å². The average molecular weight is 1110 g/mol. The van der Waals surface area contributed by atoms with Crippen LogP contribution in [0.1, 0.15) is 87.5 Å². The molecule has 0 bridgehead atoms. The van der Waals surface area contributed by atoms with Gasteiger partial charge < -0.3 is 49.7 Å². The van der Waals surface area contributed by atoms with E-state index in [1.165, 1.54) is 11.6 Å². The molecule has 0 fully saturated rings. The third-order valence-corrected chi connectivity index (χ3v) is 13.5. The van der Waals surface area contributed by atoms with Gasteiger partial charge in [-0.25, -0.2) is 19.6 Å². The van der Waals surface area contributed by atoms with Crippen molar-refractivity contribution in [3.8, 4) is 22.5 Å². The number of rotatable bonds is 23. The third kappa shape index (κ3) is 18.5. The standard InChI is InChI=1S/C35H40N4O4.C32H38N4O3/c1-5-31(41)39(23-29(40)21-36-34(42)43-25-27-17-11-7-12-18-27)32(35(2,3)4)33-37-30(28-19-13-8-14-20-28)24-38(33)22-26-15-9-6-10-16-26;1-32(2,3)29(33-19-27(37)20-34-31(38)39-23-25-15-9-5-10-16-25)30-35-28(26-17-11-6-12-18-26)22-36(30)21-24-13-7-4-8-14-24/h5-20,24,29,32,40H,1,21-23,25H2,2-4H3,(H,36,42);4-18,22,27,29,33,37H,19-21,23H2,1-3H3,(H,34,38)/t29?,32-;27?,29-/m00/s1. The van der Waals surface area contributed by atoms with Gasteiger partial charge in [-0.2, -0.15) is 0 Å². The number of carbonyl (C=O) groups excluding carboxylic acids is 3. The van der Waals surface area contributed by atoms with Crippen molar-refractivity contribution in [2.45, 2.75) is 92.1 Å². The highest BCUT2D eigenvalue weighted by atomic mass is 16.6. The normalized spacial score (nSPS) is 12.8. The summed E-state index contributed by atoms with van der Waals surface area (Å²) in [4.78, 5) is 49.6. The molecule has 0 aliphatic carbocycles. The van der Waals surface area contributed by atoms with Crippen molar-refractivity contribution in [2.24, 2.45) is 10.8 Å². The second-order valence-corrected chi connectivity index (χ2v) is 22.3. The fourth-order valence-electron chi connectivity index (χ4n) is 9.41. The number of amides is 3. The molecule has 428 valence electrons. The number of alkyl carbamates (subject to hydrolysis) is 2. The smallest absolute Gasteiger partial charge is 0.407 e. The predicted molar refractivity (Wildman–Crippen MR) is 322 cm³/mol. The molecule has 2 aromatic heterocycles. The van der Waals surface area contributed by atoms with Gasteiger partial charge in [-0.1, -0.05) is 230 Å². The molecule has 0 saturated carbocycles. The highest BCUT2D eigenvalue weighted by Gasteiger charge is 2.39. The highest BCUT2D eigenvalue weighted by Crippen LogP contribution is 2.40. The van der Waals surface area contributed by atoms with Crippen molar-refractivity contribution >= 4 is 18.1 Å². The number of aliphatic hydroxyl groups is 2. The van der Waals surface area contributed by atoms with Gasteiger partial charge in [-0.15, -0.1) is 0 Å². The third-order valence-electron chi connectivity index (χ3n) is 13.5. The zero-order valence-electron chi connectivity index (χ0n) is 47.9. The van der Waals surface area contributed by atoms with Crippen LogP contribution in [0.5, 0.6) is 0 Å². The fraction of sp³-hybridized carbons (Fsp3) is 0.299. The number of ether oxygens (including phenoxy) is 2. The topological polar surface area (TPSA) is 185 Å². The lowest BCUT2D eigenvalue weighted by Crippen LogP contribution is -2.47. The van der Waals surface area contributed by atoms with Crippen LogP contribution in [0.4, 0.5) is 9.59 Å². The van der Waals surface area contributed by atoms with Crippen molar-refractivity contribution in [2.75, 3.05) is 26.2 Å². The Hall–Kier alpha value is -8.63.